The van der Waals surface area contributed by atoms with E-state index in [1.807, 2.05) is 0 Å². The zero-order chi connectivity index (χ0) is 16.3. The third-order valence-electron chi connectivity index (χ3n) is 4.24. The van der Waals surface area contributed by atoms with Crippen LogP contribution in [0.4, 0.5) is 0 Å². The molecule has 1 fully saturated rings. The van der Waals surface area contributed by atoms with Crippen LogP contribution in [0.1, 0.15) is 41.5 Å². The Balaban J connectivity index is 2.75. The SMILES string of the molecule is CCS(=O)(=O)C1CSCCN1C(C)C(C)CNC(C)(C)C. The van der Waals surface area contributed by atoms with E-state index in [9.17, 15) is 8.42 Å². The van der Waals surface area contributed by atoms with Crippen molar-refractivity contribution in [2.24, 2.45) is 5.92 Å². The summed E-state index contributed by atoms with van der Waals surface area (Å²) in [6.45, 7) is 14.4. The van der Waals surface area contributed by atoms with Gasteiger partial charge in [0.1, 0.15) is 5.37 Å². The standard InChI is InChI=1S/C15H32N2O2S2/c1-7-21(18,19)14-11-20-9-8-17(14)13(3)12(2)10-16-15(4,5)6/h12-14,16H,7-11H2,1-6H3. The second kappa shape index (κ2) is 7.66. The maximum atomic E-state index is 12.3. The van der Waals surface area contributed by atoms with Crippen molar-refractivity contribution in [2.75, 3.05) is 30.3 Å². The summed E-state index contributed by atoms with van der Waals surface area (Å²) in [6, 6.07) is 0.270. The number of nitrogens with one attached hydrogen (secondary N) is 1. The van der Waals surface area contributed by atoms with E-state index in [0.717, 1.165) is 18.8 Å². The van der Waals surface area contributed by atoms with Crippen molar-refractivity contribution in [3.63, 3.8) is 0 Å². The molecule has 0 aromatic rings. The van der Waals surface area contributed by atoms with E-state index in [0.29, 0.717) is 11.7 Å². The van der Waals surface area contributed by atoms with Gasteiger partial charge in [-0.2, -0.15) is 11.8 Å². The van der Waals surface area contributed by atoms with Gasteiger partial charge >= 0.3 is 0 Å². The number of nitrogens with zero attached hydrogens (tertiary/aromatic N) is 1. The molecule has 3 unspecified atom stereocenters. The van der Waals surface area contributed by atoms with Gasteiger partial charge < -0.3 is 5.32 Å². The maximum absolute atomic E-state index is 12.3. The summed E-state index contributed by atoms with van der Waals surface area (Å²) >= 11 is 1.76. The average Bonchev–Trinajstić information content (AvgIpc) is 2.43. The molecule has 1 saturated heterocycles. The minimum absolute atomic E-state index is 0.0978. The molecule has 0 spiro atoms. The molecule has 1 N–H and O–H groups in total. The fraction of sp³-hybridized carbons (Fsp3) is 1.00. The lowest BCUT2D eigenvalue weighted by Crippen LogP contribution is -2.55. The molecule has 6 heteroatoms. The summed E-state index contributed by atoms with van der Waals surface area (Å²) in [5, 5.41) is 3.22. The number of thioether (sulfide) groups is 1. The second-order valence-electron chi connectivity index (χ2n) is 7.07. The Kier molecular flexibility index (Phi) is 7.03. The minimum Gasteiger partial charge on any atom is -0.312 e. The van der Waals surface area contributed by atoms with Gasteiger partial charge in [0.05, 0.1) is 0 Å². The second-order valence-corrected chi connectivity index (χ2v) is 10.7. The van der Waals surface area contributed by atoms with Crippen molar-refractivity contribution < 1.29 is 8.42 Å². The Bertz CT molecular complexity index is 418. The van der Waals surface area contributed by atoms with Gasteiger partial charge in [0.15, 0.2) is 9.84 Å². The lowest BCUT2D eigenvalue weighted by atomic mass is 10.00. The number of sulfone groups is 1. The molecule has 126 valence electrons. The van der Waals surface area contributed by atoms with Crippen LogP contribution in [-0.4, -0.2) is 60.6 Å². The van der Waals surface area contributed by atoms with Gasteiger partial charge in [-0.05, 0) is 40.2 Å². The van der Waals surface area contributed by atoms with Gasteiger partial charge in [0, 0.05) is 35.4 Å². The van der Waals surface area contributed by atoms with E-state index >= 15 is 0 Å². The van der Waals surface area contributed by atoms with E-state index in [1.54, 1.807) is 18.7 Å². The molecule has 0 radical (unpaired) electrons. The molecule has 21 heavy (non-hydrogen) atoms. The maximum Gasteiger partial charge on any atom is 0.166 e. The first-order chi connectivity index (χ1) is 9.58. The summed E-state index contributed by atoms with van der Waals surface area (Å²) in [6.07, 6.45) is 0. The van der Waals surface area contributed by atoms with Gasteiger partial charge in [-0.25, -0.2) is 8.42 Å². The van der Waals surface area contributed by atoms with Crippen molar-refractivity contribution in [2.45, 2.75) is 58.5 Å². The molecular weight excluding hydrogens is 304 g/mol. The van der Waals surface area contributed by atoms with Crippen molar-refractivity contribution in [3.05, 3.63) is 0 Å². The third kappa shape index (κ3) is 5.73. The number of rotatable bonds is 6. The third-order valence-corrected chi connectivity index (χ3v) is 7.55. The van der Waals surface area contributed by atoms with Crippen molar-refractivity contribution in [1.29, 1.82) is 0 Å². The number of hydrogen-bond acceptors (Lipinski definition) is 5. The van der Waals surface area contributed by atoms with Crippen molar-refractivity contribution in [1.82, 2.24) is 10.2 Å². The molecule has 3 atom stereocenters. The van der Waals surface area contributed by atoms with Crippen LogP contribution in [0.25, 0.3) is 0 Å². The molecule has 0 aromatic heterocycles. The first-order valence-electron chi connectivity index (χ1n) is 7.88. The van der Waals surface area contributed by atoms with E-state index in [-0.39, 0.29) is 22.7 Å². The fourth-order valence-electron chi connectivity index (χ4n) is 2.53. The molecule has 1 aliphatic rings. The van der Waals surface area contributed by atoms with Crippen LogP contribution in [-0.2, 0) is 9.84 Å². The largest absolute Gasteiger partial charge is 0.312 e. The summed E-state index contributed by atoms with van der Waals surface area (Å²) in [5.74, 6) is 2.39. The van der Waals surface area contributed by atoms with Crippen LogP contribution in [0.5, 0.6) is 0 Å². The van der Waals surface area contributed by atoms with E-state index in [1.165, 1.54) is 0 Å². The molecule has 0 aliphatic carbocycles. The Morgan fingerprint density at radius 1 is 1.33 bits per heavy atom. The summed E-state index contributed by atoms with van der Waals surface area (Å²) in [7, 11) is -3.01. The zero-order valence-corrected chi connectivity index (χ0v) is 16.0. The Morgan fingerprint density at radius 2 is 1.95 bits per heavy atom. The monoisotopic (exact) mass is 336 g/mol. The van der Waals surface area contributed by atoms with Crippen LogP contribution in [0, 0.1) is 5.92 Å². The van der Waals surface area contributed by atoms with Crippen LogP contribution in [0.15, 0.2) is 0 Å². The van der Waals surface area contributed by atoms with Crippen LogP contribution in [0.3, 0.4) is 0 Å². The molecule has 0 amide bonds. The van der Waals surface area contributed by atoms with Gasteiger partial charge in [0.2, 0.25) is 0 Å². The molecule has 1 rings (SSSR count). The van der Waals surface area contributed by atoms with E-state index < -0.39 is 9.84 Å². The first kappa shape index (κ1) is 19.3. The Morgan fingerprint density at radius 3 is 2.48 bits per heavy atom. The highest BCUT2D eigenvalue weighted by Crippen LogP contribution is 2.26. The highest BCUT2D eigenvalue weighted by molar-refractivity contribution is 8.01. The van der Waals surface area contributed by atoms with Gasteiger partial charge in [-0.15, -0.1) is 0 Å². The lowest BCUT2D eigenvalue weighted by molar-refractivity contribution is 0.151. The van der Waals surface area contributed by atoms with E-state index in [4.69, 9.17) is 0 Å². The minimum atomic E-state index is -3.01. The lowest BCUT2D eigenvalue weighted by Gasteiger charge is -2.41. The molecule has 1 aliphatic heterocycles. The highest BCUT2D eigenvalue weighted by atomic mass is 32.2. The molecule has 0 saturated carbocycles. The normalized spacial score (nSPS) is 24.8. The van der Waals surface area contributed by atoms with Gasteiger partial charge in [-0.1, -0.05) is 13.8 Å². The van der Waals surface area contributed by atoms with Gasteiger partial charge in [-0.3, -0.25) is 4.90 Å². The summed E-state index contributed by atoms with van der Waals surface area (Å²) < 4.78 is 24.7. The first-order valence-corrected chi connectivity index (χ1v) is 10.8. The summed E-state index contributed by atoms with van der Waals surface area (Å²) in [4.78, 5) is 2.21. The van der Waals surface area contributed by atoms with Crippen molar-refractivity contribution in [3.8, 4) is 0 Å². The molecular formula is C15H32N2O2S2. The highest BCUT2D eigenvalue weighted by Gasteiger charge is 2.36. The molecule has 4 nitrogen and oxygen atoms in total. The smallest absolute Gasteiger partial charge is 0.166 e. The topological polar surface area (TPSA) is 49.4 Å². The predicted molar refractivity (Wildman–Crippen MR) is 93.7 cm³/mol. The van der Waals surface area contributed by atoms with Crippen LogP contribution in [0.2, 0.25) is 0 Å². The fourth-order valence-corrected chi connectivity index (χ4v) is 5.64. The van der Waals surface area contributed by atoms with Crippen LogP contribution < -0.4 is 5.32 Å². The van der Waals surface area contributed by atoms with E-state index in [2.05, 4.69) is 44.8 Å². The summed E-state index contributed by atoms with van der Waals surface area (Å²) in [5.41, 5.74) is 0.0978. The molecule has 1 heterocycles. The molecule has 0 aromatic carbocycles. The van der Waals surface area contributed by atoms with Crippen LogP contribution >= 0.6 is 11.8 Å². The van der Waals surface area contributed by atoms with Crippen molar-refractivity contribution >= 4 is 21.6 Å². The Hall–Kier alpha value is 0.220. The zero-order valence-electron chi connectivity index (χ0n) is 14.3. The Labute approximate surface area is 135 Å². The number of hydrogen-bond donors (Lipinski definition) is 1. The predicted octanol–water partition coefficient (Wildman–Crippen LogP) is 2.21. The van der Waals surface area contributed by atoms with Gasteiger partial charge in [0.25, 0.3) is 0 Å². The average molecular weight is 337 g/mol. The molecule has 0 bridgehead atoms. The quantitative estimate of drug-likeness (QED) is 0.806.